The van der Waals surface area contributed by atoms with E-state index in [0.29, 0.717) is 18.4 Å². The molecule has 32 heavy (non-hydrogen) atoms. The normalized spacial score (nSPS) is 11.7. The lowest BCUT2D eigenvalue weighted by atomic mass is 10.0. The van der Waals surface area contributed by atoms with Crippen LogP contribution in [0.5, 0.6) is 5.75 Å². The average molecular weight is 464 g/mol. The predicted octanol–water partition coefficient (Wildman–Crippen LogP) is 4.53. The third-order valence-electron chi connectivity index (χ3n) is 4.37. The number of hydrogen-bond acceptors (Lipinski definition) is 5. The Bertz CT molecular complexity index is 1170. The summed E-state index contributed by atoms with van der Waals surface area (Å²) >= 11 is 0. The second-order valence-electron chi connectivity index (χ2n) is 6.90. The van der Waals surface area contributed by atoms with E-state index in [1.54, 1.807) is 30.6 Å². The number of carbonyl (C=O) groups is 1. The van der Waals surface area contributed by atoms with Crippen molar-refractivity contribution in [2.75, 3.05) is 4.72 Å². The summed E-state index contributed by atoms with van der Waals surface area (Å²) in [6, 6.07) is 14.0. The van der Waals surface area contributed by atoms with Crippen molar-refractivity contribution in [3.05, 3.63) is 84.2 Å². The number of halogens is 3. The first-order valence-electron chi connectivity index (χ1n) is 9.49. The number of Topliss-reactive ketones (excluding diaryl/α,β-unsaturated/α-hetero) is 1. The van der Waals surface area contributed by atoms with Gasteiger partial charge in [-0.25, -0.2) is 8.42 Å². The molecule has 1 aromatic heterocycles. The Hall–Kier alpha value is -3.40. The topological polar surface area (TPSA) is 85.4 Å². The number of alkyl halides is 3. The molecular formula is C22H19F3N2O4S. The van der Waals surface area contributed by atoms with Gasteiger partial charge < -0.3 is 4.74 Å². The molecule has 0 radical (unpaired) electrons. The molecule has 0 aliphatic carbocycles. The number of rotatable bonds is 9. The molecule has 0 spiro atoms. The molecule has 0 fully saturated rings. The number of ketones is 1. The predicted molar refractivity (Wildman–Crippen MR) is 112 cm³/mol. The van der Waals surface area contributed by atoms with Crippen molar-refractivity contribution in [3.8, 4) is 5.75 Å². The summed E-state index contributed by atoms with van der Waals surface area (Å²) in [5.41, 5.74) is 1.89. The van der Waals surface area contributed by atoms with Gasteiger partial charge in [0.15, 0.2) is 0 Å². The summed E-state index contributed by atoms with van der Waals surface area (Å²) in [7, 11) is -4.14. The Morgan fingerprint density at radius 1 is 1.00 bits per heavy atom. The maximum Gasteiger partial charge on any atom is 0.573 e. The first kappa shape index (κ1) is 23.3. The number of hydrogen-bond donors (Lipinski definition) is 1. The van der Waals surface area contributed by atoms with E-state index in [-0.39, 0.29) is 22.8 Å². The van der Waals surface area contributed by atoms with E-state index in [9.17, 15) is 26.4 Å². The molecule has 0 amide bonds. The summed E-state index contributed by atoms with van der Waals surface area (Å²) in [4.78, 5) is 15.8. The van der Waals surface area contributed by atoms with Gasteiger partial charge in [0.2, 0.25) is 0 Å². The smallest absolute Gasteiger partial charge is 0.406 e. The van der Waals surface area contributed by atoms with Crippen LogP contribution in [0, 0.1) is 0 Å². The van der Waals surface area contributed by atoms with Crippen LogP contribution in [0.15, 0.2) is 78.0 Å². The molecule has 3 aromatic rings. The Balaban J connectivity index is 1.60. The minimum absolute atomic E-state index is 0.0312. The van der Waals surface area contributed by atoms with Crippen LogP contribution in [0.4, 0.5) is 18.9 Å². The standard InChI is InChI=1S/C22H19F3N2O4S/c23-22(24,25)31-20-4-1-5-21(14-20)32(29,30)27-18-9-6-16(7-10-18)13-19(28)11-8-17-3-2-12-26-15-17/h1-7,9-10,12,14-15,27H,8,11,13H2. The van der Waals surface area contributed by atoms with Crippen molar-refractivity contribution in [1.29, 1.82) is 0 Å². The molecule has 0 aliphatic heterocycles. The van der Waals surface area contributed by atoms with Gasteiger partial charge in [-0.3, -0.25) is 14.5 Å². The number of pyridine rings is 1. The first-order chi connectivity index (χ1) is 15.1. The van der Waals surface area contributed by atoms with Gasteiger partial charge in [-0.15, -0.1) is 13.2 Å². The molecule has 3 rings (SSSR count). The lowest BCUT2D eigenvalue weighted by Crippen LogP contribution is -2.18. The van der Waals surface area contributed by atoms with E-state index in [2.05, 4.69) is 14.4 Å². The second kappa shape index (κ2) is 9.82. The van der Waals surface area contributed by atoms with Crippen LogP contribution in [-0.4, -0.2) is 25.5 Å². The van der Waals surface area contributed by atoms with Crippen molar-refractivity contribution in [2.45, 2.75) is 30.5 Å². The van der Waals surface area contributed by atoms with E-state index >= 15 is 0 Å². The highest BCUT2D eigenvalue weighted by Gasteiger charge is 2.31. The molecule has 1 N–H and O–H groups in total. The molecular weight excluding hydrogens is 445 g/mol. The van der Waals surface area contributed by atoms with Crippen molar-refractivity contribution in [3.63, 3.8) is 0 Å². The second-order valence-corrected chi connectivity index (χ2v) is 8.58. The molecule has 0 aliphatic rings. The number of benzene rings is 2. The van der Waals surface area contributed by atoms with Gasteiger partial charge in [-0.1, -0.05) is 24.3 Å². The average Bonchev–Trinajstić information content (AvgIpc) is 2.73. The molecule has 1 heterocycles. The highest BCUT2D eigenvalue weighted by molar-refractivity contribution is 7.92. The third kappa shape index (κ3) is 7.09. The zero-order valence-electron chi connectivity index (χ0n) is 16.7. The van der Waals surface area contributed by atoms with Gasteiger partial charge in [-0.2, -0.15) is 0 Å². The highest BCUT2D eigenvalue weighted by Crippen LogP contribution is 2.26. The van der Waals surface area contributed by atoms with Crippen LogP contribution < -0.4 is 9.46 Å². The van der Waals surface area contributed by atoms with Crippen LogP contribution in [0.3, 0.4) is 0 Å². The van der Waals surface area contributed by atoms with E-state index in [0.717, 1.165) is 29.8 Å². The number of ether oxygens (including phenoxy) is 1. The third-order valence-corrected chi connectivity index (χ3v) is 5.75. The van der Waals surface area contributed by atoms with E-state index < -0.39 is 22.1 Å². The molecule has 0 saturated heterocycles. The molecule has 10 heteroatoms. The minimum Gasteiger partial charge on any atom is -0.406 e. The Morgan fingerprint density at radius 2 is 1.75 bits per heavy atom. The fourth-order valence-corrected chi connectivity index (χ4v) is 3.98. The molecule has 0 saturated carbocycles. The monoisotopic (exact) mass is 464 g/mol. The lowest BCUT2D eigenvalue weighted by molar-refractivity contribution is -0.274. The van der Waals surface area contributed by atoms with Crippen LogP contribution in [0.2, 0.25) is 0 Å². The molecule has 2 aromatic carbocycles. The van der Waals surface area contributed by atoms with Crippen LogP contribution in [-0.2, 0) is 27.7 Å². The van der Waals surface area contributed by atoms with Crippen molar-refractivity contribution < 1.29 is 31.1 Å². The maximum absolute atomic E-state index is 12.5. The van der Waals surface area contributed by atoms with Gasteiger partial charge >= 0.3 is 6.36 Å². The minimum atomic E-state index is -4.93. The van der Waals surface area contributed by atoms with Crippen LogP contribution in [0.25, 0.3) is 0 Å². The van der Waals surface area contributed by atoms with Gasteiger partial charge in [0.25, 0.3) is 10.0 Å². The number of aromatic nitrogens is 1. The number of aryl methyl sites for hydroxylation is 1. The van der Waals surface area contributed by atoms with Gasteiger partial charge in [0, 0.05) is 37.0 Å². The van der Waals surface area contributed by atoms with Gasteiger partial charge in [0.1, 0.15) is 11.5 Å². The zero-order chi connectivity index (χ0) is 23.2. The number of carbonyl (C=O) groups excluding carboxylic acids is 1. The number of sulfonamides is 1. The Kier molecular flexibility index (Phi) is 7.14. The van der Waals surface area contributed by atoms with E-state index in [4.69, 9.17) is 0 Å². The number of nitrogens with one attached hydrogen (secondary N) is 1. The summed E-state index contributed by atoms with van der Waals surface area (Å²) in [6.07, 6.45) is -0.420. The highest BCUT2D eigenvalue weighted by atomic mass is 32.2. The summed E-state index contributed by atoms with van der Waals surface area (Å²) in [5, 5.41) is 0. The van der Waals surface area contributed by atoms with Crippen molar-refractivity contribution in [2.24, 2.45) is 0 Å². The van der Waals surface area contributed by atoms with Crippen LogP contribution >= 0.6 is 0 Å². The molecule has 0 bridgehead atoms. The van der Waals surface area contributed by atoms with Crippen LogP contribution in [0.1, 0.15) is 17.5 Å². The molecule has 6 nitrogen and oxygen atoms in total. The summed E-state index contributed by atoms with van der Waals surface area (Å²) in [6.45, 7) is 0. The number of anilines is 1. The Morgan fingerprint density at radius 3 is 2.41 bits per heavy atom. The Labute approximate surface area is 183 Å². The van der Waals surface area contributed by atoms with Gasteiger partial charge in [-0.05, 0) is 47.9 Å². The number of nitrogens with zero attached hydrogens (tertiary/aromatic N) is 1. The quantitative estimate of drug-likeness (QED) is 0.503. The van der Waals surface area contributed by atoms with Gasteiger partial charge in [0.05, 0.1) is 4.90 Å². The molecule has 168 valence electrons. The first-order valence-corrected chi connectivity index (χ1v) is 11.0. The molecule has 0 atom stereocenters. The SMILES string of the molecule is O=C(CCc1cccnc1)Cc1ccc(NS(=O)(=O)c2cccc(OC(F)(F)F)c2)cc1. The zero-order valence-corrected chi connectivity index (χ0v) is 17.5. The maximum atomic E-state index is 12.5. The van der Waals surface area contributed by atoms with Crippen molar-refractivity contribution >= 4 is 21.5 Å². The molecule has 0 unspecified atom stereocenters. The van der Waals surface area contributed by atoms with E-state index in [1.165, 1.54) is 12.1 Å². The largest absolute Gasteiger partial charge is 0.573 e. The fraction of sp³-hybridized carbons (Fsp3) is 0.182. The fourth-order valence-electron chi connectivity index (χ4n) is 2.89. The van der Waals surface area contributed by atoms with E-state index in [1.807, 2.05) is 6.07 Å². The summed E-state index contributed by atoms with van der Waals surface area (Å²) in [5.74, 6) is -0.607. The summed E-state index contributed by atoms with van der Waals surface area (Å²) < 4.78 is 68.1. The van der Waals surface area contributed by atoms with Crippen molar-refractivity contribution in [1.82, 2.24) is 4.98 Å². The lowest BCUT2D eigenvalue weighted by Gasteiger charge is -2.12.